The Morgan fingerprint density at radius 3 is 1.17 bits per heavy atom. The zero-order valence-electron chi connectivity index (χ0n) is 32.5. The van der Waals surface area contributed by atoms with Gasteiger partial charge in [0.2, 0.25) is 0 Å². The Balaban J connectivity index is 1.09. The van der Waals surface area contributed by atoms with E-state index in [0.717, 1.165) is 101 Å². The van der Waals surface area contributed by atoms with Crippen molar-refractivity contribution in [3.8, 4) is 46.0 Å². The molecule has 0 radical (unpaired) electrons. The second-order valence-corrected chi connectivity index (χ2v) is 17.7. The topological polar surface area (TPSA) is 43.4 Å². The number of fused-ring (bicyclic) bond motifs is 12. The molecule has 6 aliphatic rings. The van der Waals surface area contributed by atoms with Crippen molar-refractivity contribution in [2.75, 3.05) is 21.1 Å². The van der Waals surface area contributed by atoms with Gasteiger partial charge in [-0.1, -0.05) is 48.5 Å². The SMILES string of the molecule is CSN1c2cc3c(cc2B2c4cc5c(cc4N(SC)c4cc(C)cc1c42)Oc1cc(C)cc2c1B5c1ccccc1O2)B1c2ccccc2Oc2cc(C)cc(c21)O3. The molecule has 0 saturated carbocycles. The minimum absolute atomic E-state index is 0.0361. The highest BCUT2D eigenvalue weighted by atomic mass is 32.2. The molecule has 6 heterocycles. The molecule has 0 amide bonds. The van der Waals surface area contributed by atoms with E-state index in [1.165, 1.54) is 33.3 Å². The van der Waals surface area contributed by atoms with Crippen molar-refractivity contribution < 1.29 is 18.9 Å². The van der Waals surface area contributed by atoms with Gasteiger partial charge in [-0.25, -0.2) is 0 Å². The average Bonchev–Trinajstić information content (AvgIpc) is 3.21. The highest BCUT2D eigenvalue weighted by molar-refractivity contribution is 8.00. The molecule has 276 valence electrons. The van der Waals surface area contributed by atoms with Crippen molar-refractivity contribution in [3.63, 3.8) is 0 Å². The summed E-state index contributed by atoms with van der Waals surface area (Å²) in [7, 11) is 0. The normalized spacial score (nSPS) is 14.8. The first-order valence-electron chi connectivity index (χ1n) is 19.7. The summed E-state index contributed by atoms with van der Waals surface area (Å²) >= 11 is 3.49. The molecule has 0 bridgehead atoms. The molecular weight excluding hydrogens is 753 g/mol. The van der Waals surface area contributed by atoms with E-state index in [2.05, 4.69) is 151 Å². The van der Waals surface area contributed by atoms with Gasteiger partial charge < -0.3 is 18.9 Å². The maximum absolute atomic E-state index is 6.94. The number of hydrogen-bond donors (Lipinski definition) is 0. The Kier molecular flexibility index (Phi) is 6.69. The molecule has 0 unspecified atom stereocenters. The molecule has 0 fully saturated rings. The lowest BCUT2D eigenvalue weighted by Crippen LogP contribution is -2.65. The van der Waals surface area contributed by atoms with Crippen LogP contribution in [0.5, 0.6) is 46.0 Å². The van der Waals surface area contributed by atoms with Gasteiger partial charge in [0.1, 0.15) is 46.0 Å². The zero-order valence-corrected chi connectivity index (χ0v) is 34.1. The van der Waals surface area contributed by atoms with E-state index in [4.69, 9.17) is 18.9 Å². The fourth-order valence-corrected chi connectivity index (χ4v) is 12.0. The molecule has 7 aromatic rings. The molecule has 11 heteroatoms. The van der Waals surface area contributed by atoms with Crippen LogP contribution in [0.2, 0.25) is 0 Å². The van der Waals surface area contributed by atoms with Gasteiger partial charge in [-0.2, -0.15) is 0 Å². The van der Waals surface area contributed by atoms with Crippen LogP contribution in [-0.2, 0) is 0 Å². The van der Waals surface area contributed by atoms with Crippen LogP contribution in [-0.4, -0.2) is 32.6 Å². The quantitative estimate of drug-likeness (QED) is 0.155. The van der Waals surface area contributed by atoms with Crippen molar-refractivity contribution in [3.05, 3.63) is 126 Å². The van der Waals surface area contributed by atoms with Crippen molar-refractivity contribution >= 4 is 116 Å². The summed E-state index contributed by atoms with van der Waals surface area (Å²) in [6.07, 6.45) is 4.35. The van der Waals surface area contributed by atoms with Crippen molar-refractivity contribution in [2.45, 2.75) is 20.8 Å². The highest BCUT2D eigenvalue weighted by Gasteiger charge is 2.48. The number of para-hydroxylation sites is 2. The first-order valence-corrected chi connectivity index (χ1v) is 22.1. The third-order valence-electron chi connectivity index (χ3n) is 12.8. The molecule has 0 aromatic heterocycles. The number of aryl methyl sites for hydroxylation is 3. The molecule has 0 spiro atoms. The Morgan fingerprint density at radius 1 is 0.362 bits per heavy atom. The third-order valence-corrected chi connectivity index (χ3v) is 14.3. The first kappa shape index (κ1) is 33.2. The number of rotatable bonds is 2. The van der Waals surface area contributed by atoms with Crippen molar-refractivity contribution in [1.82, 2.24) is 0 Å². The maximum atomic E-state index is 6.94. The fraction of sp³-hybridized carbons (Fsp3) is 0.106. The second-order valence-electron chi connectivity index (χ2n) is 16.2. The minimum atomic E-state index is -0.0547. The average molecular weight is 786 g/mol. The van der Waals surface area contributed by atoms with Gasteiger partial charge in [0.15, 0.2) is 0 Å². The lowest BCUT2D eigenvalue weighted by molar-refractivity contribution is 0.463. The van der Waals surface area contributed by atoms with Gasteiger partial charge in [0.05, 0.1) is 22.7 Å². The Morgan fingerprint density at radius 2 is 0.741 bits per heavy atom. The summed E-state index contributed by atoms with van der Waals surface area (Å²) in [6.45, 7) is 6.29. The maximum Gasteiger partial charge on any atom is 0.260 e. The van der Waals surface area contributed by atoms with Crippen LogP contribution in [0, 0.1) is 20.8 Å². The van der Waals surface area contributed by atoms with Crippen LogP contribution in [0.1, 0.15) is 16.7 Å². The van der Waals surface area contributed by atoms with E-state index >= 15 is 0 Å². The summed E-state index contributed by atoms with van der Waals surface area (Å²) in [5, 5.41) is 0. The number of hydrogen-bond acceptors (Lipinski definition) is 8. The monoisotopic (exact) mass is 786 g/mol. The molecule has 0 N–H and O–H groups in total. The molecule has 0 aliphatic carbocycles. The Bertz CT molecular complexity index is 2850. The van der Waals surface area contributed by atoms with E-state index in [1.54, 1.807) is 23.9 Å². The summed E-state index contributed by atoms with van der Waals surface area (Å²) in [6, 6.07) is 39.8. The Labute approximate surface area is 347 Å². The summed E-state index contributed by atoms with van der Waals surface area (Å²) in [5.74, 6) is 7.03. The summed E-state index contributed by atoms with van der Waals surface area (Å²) in [4.78, 5) is 0. The predicted molar refractivity (Wildman–Crippen MR) is 245 cm³/mol. The van der Waals surface area contributed by atoms with Crippen LogP contribution in [0.3, 0.4) is 0 Å². The van der Waals surface area contributed by atoms with E-state index in [-0.39, 0.29) is 20.1 Å². The van der Waals surface area contributed by atoms with E-state index in [0.29, 0.717) is 0 Å². The van der Waals surface area contributed by atoms with E-state index in [9.17, 15) is 0 Å². The number of benzene rings is 7. The summed E-state index contributed by atoms with van der Waals surface area (Å²) < 4.78 is 31.9. The van der Waals surface area contributed by atoms with Crippen LogP contribution < -0.4 is 76.7 Å². The lowest BCUT2D eigenvalue weighted by atomic mass is 9.30. The zero-order chi connectivity index (χ0) is 38.7. The highest BCUT2D eigenvalue weighted by Crippen LogP contribution is 2.46. The number of nitrogens with zero attached hydrogens (tertiary/aromatic N) is 2. The molecular formula is C47H33B3N2O4S2. The third kappa shape index (κ3) is 4.30. The molecule has 0 saturated heterocycles. The Hall–Kier alpha value is -5.77. The fourth-order valence-electron chi connectivity index (χ4n) is 10.6. The van der Waals surface area contributed by atoms with E-state index in [1.807, 2.05) is 0 Å². The van der Waals surface area contributed by atoms with Crippen molar-refractivity contribution in [2.24, 2.45) is 0 Å². The standard InChI is InChI=1S/C47H33B3N2O4S2/c1-24-14-35-45-36(15-24)52(58-5)34-23-40-32(49-28-11-7-9-13-38(28)54-42-17-26(3)19-44(56-40)47(42)49)21-30(34)50(45)29-20-31-39(22-33(29)51(35)57-4)55-43-18-25(2)16-41-46(43)48(31)27-10-6-8-12-37(27)53-41/h6-23H,1-5H3. The molecule has 7 aromatic carbocycles. The second kappa shape index (κ2) is 11.7. The molecule has 0 atom stereocenters. The molecule has 6 nitrogen and oxygen atoms in total. The van der Waals surface area contributed by atoms with Gasteiger partial charge >= 0.3 is 0 Å². The number of anilines is 4. The minimum Gasteiger partial charge on any atom is -0.458 e. The van der Waals surface area contributed by atoms with Crippen LogP contribution in [0.4, 0.5) is 22.7 Å². The largest absolute Gasteiger partial charge is 0.458 e. The van der Waals surface area contributed by atoms with Gasteiger partial charge in [0.25, 0.3) is 20.1 Å². The van der Waals surface area contributed by atoms with Gasteiger partial charge in [-0.05, 0) is 148 Å². The predicted octanol–water partition coefficient (Wildman–Crippen LogP) is 6.04. The van der Waals surface area contributed by atoms with Gasteiger partial charge in [-0.15, -0.1) is 0 Å². The summed E-state index contributed by atoms with van der Waals surface area (Å²) in [5.41, 5.74) is 18.8. The first-order chi connectivity index (χ1) is 28.4. The van der Waals surface area contributed by atoms with Crippen LogP contribution >= 0.6 is 23.9 Å². The number of ether oxygens (including phenoxy) is 4. The lowest BCUT2D eigenvalue weighted by Gasteiger charge is -2.44. The molecule has 13 rings (SSSR count). The van der Waals surface area contributed by atoms with Gasteiger partial charge in [0, 0.05) is 35.6 Å². The van der Waals surface area contributed by atoms with Crippen molar-refractivity contribution in [1.29, 1.82) is 0 Å². The van der Waals surface area contributed by atoms with E-state index < -0.39 is 0 Å². The smallest absolute Gasteiger partial charge is 0.260 e. The molecule has 58 heavy (non-hydrogen) atoms. The van der Waals surface area contributed by atoms with Gasteiger partial charge in [-0.3, -0.25) is 8.61 Å². The molecule has 6 aliphatic heterocycles. The van der Waals surface area contributed by atoms with Crippen LogP contribution in [0.15, 0.2) is 109 Å². The van der Waals surface area contributed by atoms with Crippen LogP contribution in [0.25, 0.3) is 0 Å².